The monoisotopic (exact) mass is 636 g/mol. The number of ether oxygens (including phenoxy) is 2. The first-order chi connectivity index (χ1) is 19.8. The molecule has 0 spiro atoms. The van der Waals surface area contributed by atoms with Crippen molar-refractivity contribution in [3.8, 4) is 0 Å². The summed E-state index contributed by atoms with van der Waals surface area (Å²) in [5, 5.41) is -0.470. The lowest BCUT2D eigenvalue weighted by atomic mass is 9.75. The molecule has 2 atom stereocenters. The highest BCUT2D eigenvalue weighted by Gasteiger charge is 2.57. The smallest absolute Gasteiger partial charge is 0.416 e. The van der Waals surface area contributed by atoms with E-state index in [0.717, 1.165) is 12.1 Å². The van der Waals surface area contributed by atoms with E-state index in [9.17, 15) is 27.6 Å². The molecule has 0 amide bonds. The SMILES string of the molecule is CC(C)(C)OC(=O)C[C@](O[Si](C)(C)C(C)(C)C)(C(=O)OC(C)(C)C)[C@@H](CC(=O)c1ccccc1)c1ccc(C(F)(F)F)cc1. The van der Waals surface area contributed by atoms with Gasteiger partial charge in [-0.2, -0.15) is 13.2 Å². The van der Waals surface area contributed by atoms with Crippen LogP contribution >= 0.6 is 0 Å². The Morgan fingerprint density at radius 2 is 1.25 bits per heavy atom. The van der Waals surface area contributed by atoms with Gasteiger partial charge in [0.15, 0.2) is 19.7 Å². The third-order valence-electron chi connectivity index (χ3n) is 7.50. The van der Waals surface area contributed by atoms with E-state index in [2.05, 4.69) is 0 Å². The standard InChI is InChI=1S/C34H47F3O6Si/c1-30(2,3)41-28(39)22-33(29(40)42-31(4,5)6,43-44(10,11)32(7,8)9)26(21-27(38)24-15-13-12-14-16-24)23-17-19-25(20-18-23)34(35,36)37/h12-20,26H,21-22H2,1-11H3/t26-,33+/m0/s1. The molecule has 0 bridgehead atoms. The second kappa shape index (κ2) is 13.2. The van der Waals surface area contributed by atoms with Crippen molar-refractivity contribution < 1.29 is 41.5 Å². The molecule has 0 unspecified atom stereocenters. The highest BCUT2D eigenvalue weighted by atomic mass is 28.4. The van der Waals surface area contributed by atoms with Crippen molar-refractivity contribution in [1.82, 2.24) is 0 Å². The van der Waals surface area contributed by atoms with E-state index in [4.69, 9.17) is 13.9 Å². The number of rotatable bonds is 10. The van der Waals surface area contributed by atoms with E-state index in [-0.39, 0.29) is 17.8 Å². The highest BCUT2D eigenvalue weighted by Crippen LogP contribution is 2.48. The van der Waals surface area contributed by atoms with Crippen LogP contribution in [0.25, 0.3) is 0 Å². The number of ketones is 1. The van der Waals surface area contributed by atoms with E-state index in [1.54, 1.807) is 71.9 Å². The summed E-state index contributed by atoms with van der Waals surface area (Å²) >= 11 is 0. The van der Waals surface area contributed by atoms with Crippen LogP contribution in [0.4, 0.5) is 13.2 Å². The van der Waals surface area contributed by atoms with Crippen molar-refractivity contribution in [3.63, 3.8) is 0 Å². The van der Waals surface area contributed by atoms with E-state index in [1.165, 1.54) is 12.1 Å². The second-order valence-corrected chi connectivity index (χ2v) is 19.4. The summed E-state index contributed by atoms with van der Waals surface area (Å²) < 4.78 is 59.2. The molecule has 0 radical (unpaired) electrons. The van der Waals surface area contributed by atoms with Gasteiger partial charge in [0, 0.05) is 17.9 Å². The molecule has 2 aromatic carbocycles. The van der Waals surface area contributed by atoms with Crippen LogP contribution in [-0.2, 0) is 29.7 Å². The van der Waals surface area contributed by atoms with Crippen LogP contribution in [0.2, 0.25) is 18.1 Å². The minimum absolute atomic E-state index is 0.218. The first-order valence-corrected chi connectivity index (χ1v) is 17.6. The molecule has 6 nitrogen and oxygen atoms in total. The molecular weight excluding hydrogens is 589 g/mol. The van der Waals surface area contributed by atoms with Gasteiger partial charge in [-0.3, -0.25) is 9.59 Å². The molecule has 10 heteroatoms. The Morgan fingerprint density at radius 1 is 0.750 bits per heavy atom. The molecule has 0 fully saturated rings. The quantitative estimate of drug-likeness (QED) is 0.147. The van der Waals surface area contributed by atoms with Gasteiger partial charge < -0.3 is 13.9 Å². The number of alkyl halides is 3. The molecule has 0 aliphatic heterocycles. The highest BCUT2D eigenvalue weighted by molar-refractivity contribution is 6.74. The molecular formula is C34H47F3O6Si. The van der Waals surface area contributed by atoms with Crippen LogP contribution in [0.3, 0.4) is 0 Å². The number of halogens is 3. The van der Waals surface area contributed by atoms with Gasteiger partial charge in [-0.15, -0.1) is 0 Å². The molecule has 0 aromatic heterocycles. The first kappa shape index (κ1) is 37.2. The number of benzene rings is 2. The summed E-state index contributed by atoms with van der Waals surface area (Å²) in [4.78, 5) is 41.9. The fourth-order valence-corrected chi connectivity index (χ4v) is 5.95. The number of esters is 2. The van der Waals surface area contributed by atoms with Crippen LogP contribution < -0.4 is 0 Å². The Hall–Kier alpha value is -2.98. The Kier molecular flexibility index (Phi) is 11.1. The van der Waals surface area contributed by atoms with Gasteiger partial charge in [0.05, 0.1) is 12.0 Å². The number of carbonyl (C=O) groups excluding carboxylic acids is 3. The van der Waals surface area contributed by atoms with Crippen molar-refractivity contribution >= 4 is 26.0 Å². The molecule has 0 aliphatic carbocycles. The topological polar surface area (TPSA) is 78.9 Å². The Morgan fingerprint density at radius 3 is 1.68 bits per heavy atom. The Balaban J connectivity index is 2.98. The number of carbonyl (C=O) groups is 3. The maximum atomic E-state index is 14.5. The van der Waals surface area contributed by atoms with Crippen molar-refractivity contribution in [3.05, 3.63) is 71.3 Å². The van der Waals surface area contributed by atoms with Crippen LogP contribution in [0.5, 0.6) is 0 Å². The molecule has 0 heterocycles. The summed E-state index contributed by atoms with van der Waals surface area (Å²) in [5.41, 5.74) is -4.40. The predicted molar refractivity (Wildman–Crippen MR) is 167 cm³/mol. The zero-order valence-electron chi connectivity index (χ0n) is 27.8. The molecule has 44 heavy (non-hydrogen) atoms. The van der Waals surface area contributed by atoms with Crippen LogP contribution in [-0.4, -0.2) is 42.8 Å². The van der Waals surface area contributed by atoms with Crippen molar-refractivity contribution in [2.75, 3.05) is 0 Å². The lowest BCUT2D eigenvalue weighted by Gasteiger charge is -2.48. The molecule has 2 aromatic rings. The maximum Gasteiger partial charge on any atom is 0.416 e. The molecule has 2 rings (SSSR count). The lowest BCUT2D eigenvalue weighted by molar-refractivity contribution is -0.185. The third-order valence-corrected chi connectivity index (χ3v) is 12.0. The number of hydrogen-bond donors (Lipinski definition) is 0. The van der Waals surface area contributed by atoms with Crippen LogP contribution in [0.1, 0.15) is 103 Å². The predicted octanol–water partition coefficient (Wildman–Crippen LogP) is 8.90. The van der Waals surface area contributed by atoms with Crippen molar-refractivity contribution in [1.29, 1.82) is 0 Å². The van der Waals surface area contributed by atoms with Gasteiger partial charge in [0.2, 0.25) is 0 Å². The Bertz CT molecular complexity index is 1300. The van der Waals surface area contributed by atoms with E-state index >= 15 is 0 Å². The summed E-state index contributed by atoms with van der Waals surface area (Å²) in [6.07, 6.45) is -5.59. The van der Waals surface area contributed by atoms with E-state index in [1.807, 2.05) is 33.9 Å². The minimum atomic E-state index is -4.61. The summed E-state index contributed by atoms with van der Waals surface area (Å²) in [6, 6.07) is 12.6. The van der Waals surface area contributed by atoms with E-state index in [0.29, 0.717) is 5.56 Å². The molecule has 0 N–H and O–H groups in total. The van der Waals surface area contributed by atoms with Gasteiger partial charge in [-0.05, 0) is 77.4 Å². The fraction of sp³-hybridized carbons (Fsp3) is 0.559. The second-order valence-electron chi connectivity index (χ2n) is 14.7. The van der Waals surface area contributed by atoms with Gasteiger partial charge >= 0.3 is 18.1 Å². The lowest BCUT2D eigenvalue weighted by Crippen LogP contribution is -2.59. The molecule has 0 saturated carbocycles. The van der Waals surface area contributed by atoms with Gasteiger partial charge in [-0.25, -0.2) is 4.79 Å². The Labute approximate surface area is 260 Å². The average Bonchev–Trinajstić information content (AvgIpc) is 2.83. The first-order valence-electron chi connectivity index (χ1n) is 14.7. The summed E-state index contributed by atoms with van der Waals surface area (Å²) in [7, 11) is -2.97. The minimum Gasteiger partial charge on any atom is -0.460 e. The van der Waals surface area contributed by atoms with Crippen LogP contribution in [0, 0.1) is 0 Å². The van der Waals surface area contributed by atoms with Crippen molar-refractivity contribution in [2.24, 2.45) is 0 Å². The van der Waals surface area contributed by atoms with Crippen LogP contribution in [0.15, 0.2) is 54.6 Å². The van der Waals surface area contributed by atoms with Gasteiger partial charge in [0.25, 0.3) is 0 Å². The normalized spacial score (nSPS) is 15.2. The van der Waals surface area contributed by atoms with Gasteiger partial charge in [0.1, 0.15) is 11.2 Å². The summed E-state index contributed by atoms with van der Waals surface area (Å²) in [6.45, 7) is 19.7. The zero-order chi connectivity index (χ0) is 33.9. The molecule has 0 saturated heterocycles. The number of hydrogen-bond acceptors (Lipinski definition) is 6. The number of Topliss-reactive ketones (excluding diaryl/α,β-unsaturated/α-hetero) is 1. The van der Waals surface area contributed by atoms with Gasteiger partial charge in [-0.1, -0.05) is 63.2 Å². The fourth-order valence-electron chi connectivity index (χ4n) is 4.44. The third kappa shape index (κ3) is 10.0. The largest absolute Gasteiger partial charge is 0.460 e. The average molecular weight is 637 g/mol. The van der Waals surface area contributed by atoms with E-state index < -0.39 is 66.2 Å². The van der Waals surface area contributed by atoms with Crippen molar-refractivity contribution in [2.45, 2.75) is 122 Å². The maximum absolute atomic E-state index is 14.5. The zero-order valence-corrected chi connectivity index (χ0v) is 28.8. The summed E-state index contributed by atoms with van der Waals surface area (Å²) in [5.74, 6) is -3.27. The molecule has 244 valence electrons. The molecule has 0 aliphatic rings.